The quantitative estimate of drug-likeness (QED) is 0.579. The minimum absolute atomic E-state index is 0.250. The smallest absolute Gasteiger partial charge is 0.214 e. The Hall–Kier alpha value is -0.390. The van der Waals surface area contributed by atoms with Gasteiger partial charge in [-0.2, -0.15) is 4.31 Å². The van der Waals surface area contributed by atoms with Crippen LogP contribution >= 0.6 is 0 Å². The molecule has 0 aromatic heterocycles. The van der Waals surface area contributed by atoms with Crippen LogP contribution in [-0.2, 0) is 10.0 Å². The minimum Gasteiger partial charge on any atom is -0.314 e. The van der Waals surface area contributed by atoms with Gasteiger partial charge >= 0.3 is 0 Å². The Kier molecular flexibility index (Phi) is 5.62. The lowest BCUT2D eigenvalue weighted by Gasteiger charge is -2.25. The monoisotopic (exact) mass is 260 g/mol. The van der Waals surface area contributed by atoms with Gasteiger partial charge in [0.1, 0.15) is 0 Å². The van der Waals surface area contributed by atoms with Gasteiger partial charge in [0.15, 0.2) is 0 Å². The maximum absolute atomic E-state index is 12.0. The number of hydrogen-bond acceptors (Lipinski definition) is 3. The van der Waals surface area contributed by atoms with Crippen molar-refractivity contribution < 1.29 is 8.42 Å². The fourth-order valence-electron chi connectivity index (χ4n) is 1.89. The molecular formula is C12H24N2O2S. The fraction of sp³-hybridized carbons (Fsp3) is 0.833. The van der Waals surface area contributed by atoms with Crippen LogP contribution in [0, 0.1) is 0 Å². The summed E-state index contributed by atoms with van der Waals surface area (Å²) in [6.45, 7) is 8.08. The third kappa shape index (κ3) is 5.19. The standard InChI is InChI=1S/C12H24N2O2S/c1-11(2)13-7-5-9-17(15,16)14-8-4-6-12(3)10-14/h6,11,13H,4-5,7-10H2,1-3H3. The molecule has 0 aliphatic carbocycles. The first-order valence-corrected chi connectivity index (χ1v) is 7.89. The molecule has 0 amide bonds. The second-order valence-corrected chi connectivity index (χ2v) is 7.04. The Bertz CT molecular complexity index is 361. The van der Waals surface area contributed by atoms with Crippen molar-refractivity contribution in [3.05, 3.63) is 11.6 Å². The summed E-state index contributed by atoms with van der Waals surface area (Å²) in [6.07, 6.45) is 3.64. The molecule has 0 spiro atoms. The molecule has 0 bridgehead atoms. The van der Waals surface area contributed by atoms with Crippen LogP contribution in [0.4, 0.5) is 0 Å². The highest BCUT2D eigenvalue weighted by molar-refractivity contribution is 7.89. The molecule has 0 aromatic rings. The first-order valence-electron chi connectivity index (χ1n) is 6.28. The Morgan fingerprint density at radius 2 is 2.18 bits per heavy atom. The lowest BCUT2D eigenvalue weighted by molar-refractivity contribution is 0.426. The highest BCUT2D eigenvalue weighted by Gasteiger charge is 2.23. The van der Waals surface area contributed by atoms with Crippen molar-refractivity contribution in [3.63, 3.8) is 0 Å². The van der Waals surface area contributed by atoms with Crippen LogP contribution in [0.15, 0.2) is 11.6 Å². The van der Waals surface area contributed by atoms with E-state index in [1.165, 1.54) is 0 Å². The van der Waals surface area contributed by atoms with Crippen molar-refractivity contribution in [2.75, 3.05) is 25.4 Å². The van der Waals surface area contributed by atoms with Gasteiger partial charge in [-0.05, 0) is 26.3 Å². The number of nitrogens with zero attached hydrogens (tertiary/aromatic N) is 1. The van der Waals surface area contributed by atoms with Crippen LogP contribution in [0.25, 0.3) is 0 Å². The Morgan fingerprint density at radius 1 is 1.47 bits per heavy atom. The van der Waals surface area contributed by atoms with E-state index in [4.69, 9.17) is 0 Å². The number of sulfonamides is 1. The maximum atomic E-state index is 12.0. The van der Waals surface area contributed by atoms with Gasteiger partial charge in [0, 0.05) is 19.1 Å². The summed E-state index contributed by atoms with van der Waals surface area (Å²) in [5, 5.41) is 3.24. The normalized spacial score (nSPS) is 18.5. The molecule has 0 fully saturated rings. The van der Waals surface area contributed by atoms with Gasteiger partial charge in [-0.3, -0.25) is 0 Å². The molecule has 1 rings (SSSR count). The Balaban J connectivity index is 2.38. The third-order valence-electron chi connectivity index (χ3n) is 2.82. The summed E-state index contributed by atoms with van der Waals surface area (Å²) in [7, 11) is -3.06. The summed E-state index contributed by atoms with van der Waals surface area (Å²) in [6, 6.07) is 0.415. The molecule has 0 atom stereocenters. The van der Waals surface area contributed by atoms with E-state index in [0.717, 1.165) is 18.5 Å². The van der Waals surface area contributed by atoms with Crippen LogP contribution in [-0.4, -0.2) is 44.2 Å². The average Bonchev–Trinajstić information content (AvgIpc) is 2.24. The SMILES string of the molecule is CC1=CCCN(S(=O)(=O)CCCNC(C)C)C1. The Morgan fingerprint density at radius 3 is 2.76 bits per heavy atom. The van der Waals surface area contributed by atoms with Gasteiger partial charge in [0.05, 0.1) is 5.75 Å². The van der Waals surface area contributed by atoms with Gasteiger partial charge in [0.2, 0.25) is 10.0 Å². The fourth-order valence-corrected chi connectivity index (χ4v) is 3.44. The first-order chi connectivity index (χ1) is 7.92. The van der Waals surface area contributed by atoms with Crippen LogP contribution in [0.1, 0.15) is 33.6 Å². The molecule has 0 radical (unpaired) electrons. The molecule has 0 saturated carbocycles. The van der Waals surface area contributed by atoms with E-state index in [1.54, 1.807) is 4.31 Å². The van der Waals surface area contributed by atoms with E-state index in [2.05, 4.69) is 25.2 Å². The molecule has 1 aliphatic heterocycles. The van der Waals surface area contributed by atoms with Gasteiger partial charge < -0.3 is 5.32 Å². The van der Waals surface area contributed by atoms with Crippen LogP contribution in [0.5, 0.6) is 0 Å². The van der Waals surface area contributed by atoms with E-state index in [9.17, 15) is 8.42 Å². The molecular weight excluding hydrogens is 236 g/mol. The van der Waals surface area contributed by atoms with Gasteiger partial charge in [0.25, 0.3) is 0 Å². The lowest BCUT2D eigenvalue weighted by atomic mass is 10.2. The summed E-state index contributed by atoms with van der Waals surface area (Å²) in [4.78, 5) is 0. The van der Waals surface area contributed by atoms with Crippen LogP contribution < -0.4 is 5.32 Å². The molecule has 1 heterocycles. The molecule has 0 aromatic carbocycles. The maximum Gasteiger partial charge on any atom is 0.214 e. The number of rotatable bonds is 6. The van der Waals surface area contributed by atoms with Gasteiger partial charge in [-0.15, -0.1) is 0 Å². The van der Waals surface area contributed by atoms with Crippen LogP contribution in [0.2, 0.25) is 0 Å². The first kappa shape index (κ1) is 14.7. The van der Waals surface area contributed by atoms with Crippen LogP contribution in [0.3, 0.4) is 0 Å². The highest BCUT2D eigenvalue weighted by Crippen LogP contribution is 2.13. The molecule has 0 saturated heterocycles. The highest BCUT2D eigenvalue weighted by atomic mass is 32.2. The predicted octanol–water partition coefficient (Wildman–Crippen LogP) is 1.36. The molecule has 17 heavy (non-hydrogen) atoms. The molecule has 0 unspecified atom stereocenters. The average molecular weight is 260 g/mol. The van der Waals surface area contributed by atoms with E-state index >= 15 is 0 Å². The zero-order chi connectivity index (χ0) is 12.9. The van der Waals surface area contributed by atoms with Crippen molar-refractivity contribution >= 4 is 10.0 Å². The summed E-state index contributed by atoms with van der Waals surface area (Å²) in [5.41, 5.74) is 1.15. The zero-order valence-corrected chi connectivity index (χ0v) is 11.9. The third-order valence-corrected chi connectivity index (χ3v) is 4.73. The minimum atomic E-state index is -3.06. The van der Waals surface area contributed by atoms with E-state index in [1.807, 2.05) is 6.92 Å². The summed E-state index contributed by atoms with van der Waals surface area (Å²) < 4.78 is 25.7. The molecule has 1 N–H and O–H groups in total. The second-order valence-electron chi connectivity index (χ2n) is 4.95. The molecule has 4 nitrogen and oxygen atoms in total. The second kappa shape index (κ2) is 6.52. The van der Waals surface area contributed by atoms with Crippen molar-refractivity contribution in [1.29, 1.82) is 0 Å². The molecule has 1 aliphatic rings. The van der Waals surface area contributed by atoms with Crippen molar-refractivity contribution in [1.82, 2.24) is 9.62 Å². The Labute approximate surface area is 105 Å². The lowest BCUT2D eigenvalue weighted by Crippen LogP contribution is -2.37. The number of nitrogens with one attached hydrogen (secondary N) is 1. The summed E-state index contributed by atoms with van der Waals surface area (Å²) >= 11 is 0. The molecule has 5 heteroatoms. The molecule has 100 valence electrons. The van der Waals surface area contributed by atoms with E-state index in [0.29, 0.717) is 25.6 Å². The topological polar surface area (TPSA) is 49.4 Å². The van der Waals surface area contributed by atoms with Gasteiger partial charge in [-0.1, -0.05) is 25.5 Å². The largest absolute Gasteiger partial charge is 0.314 e. The predicted molar refractivity (Wildman–Crippen MR) is 71.5 cm³/mol. The van der Waals surface area contributed by atoms with Crippen molar-refractivity contribution in [2.45, 2.75) is 39.7 Å². The summed E-state index contributed by atoms with van der Waals surface area (Å²) in [5.74, 6) is 0.250. The van der Waals surface area contributed by atoms with E-state index < -0.39 is 10.0 Å². The van der Waals surface area contributed by atoms with Crippen molar-refractivity contribution in [3.8, 4) is 0 Å². The number of hydrogen-bond donors (Lipinski definition) is 1. The van der Waals surface area contributed by atoms with Crippen molar-refractivity contribution in [2.24, 2.45) is 0 Å². The zero-order valence-electron chi connectivity index (χ0n) is 11.1. The van der Waals surface area contributed by atoms with Gasteiger partial charge in [-0.25, -0.2) is 8.42 Å². The van der Waals surface area contributed by atoms with E-state index in [-0.39, 0.29) is 5.75 Å².